The Balaban J connectivity index is 1.47. The van der Waals surface area contributed by atoms with Gasteiger partial charge in [0.1, 0.15) is 0 Å². The second-order valence-corrected chi connectivity index (χ2v) is 13.2. The number of nitrogens with one attached hydrogen (secondary N) is 1. The fraction of sp³-hybridized carbons (Fsp3) is 0.375. The first-order valence-electron chi connectivity index (χ1n) is 14.1. The van der Waals surface area contributed by atoms with Gasteiger partial charge in [0, 0.05) is 56.8 Å². The summed E-state index contributed by atoms with van der Waals surface area (Å²) in [5.41, 5.74) is 2.14. The Bertz CT molecular complexity index is 1520. The molecule has 1 aliphatic rings. The Morgan fingerprint density at radius 1 is 0.930 bits per heavy atom. The highest BCUT2D eigenvalue weighted by molar-refractivity contribution is 7.91. The number of benzene rings is 3. The number of anilines is 1. The van der Waals surface area contributed by atoms with E-state index in [0.29, 0.717) is 24.9 Å². The number of alkyl halides is 3. The Kier molecular flexibility index (Phi) is 9.84. The highest BCUT2D eigenvalue weighted by Gasteiger charge is 2.33. The quantitative estimate of drug-likeness (QED) is 0.336. The van der Waals surface area contributed by atoms with Gasteiger partial charge in [-0.05, 0) is 72.5 Å². The fourth-order valence-corrected chi connectivity index (χ4v) is 6.11. The van der Waals surface area contributed by atoms with E-state index >= 15 is 0 Å². The van der Waals surface area contributed by atoms with Crippen molar-refractivity contribution in [2.75, 3.05) is 31.3 Å². The van der Waals surface area contributed by atoms with E-state index in [1.807, 2.05) is 12.1 Å². The lowest BCUT2D eigenvalue weighted by molar-refractivity contribution is -0.137. The van der Waals surface area contributed by atoms with Crippen LogP contribution in [0.5, 0.6) is 0 Å². The second kappa shape index (κ2) is 13.2. The molecule has 0 aliphatic carbocycles. The number of hydrogen-bond donors (Lipinski definition) is 1. The maximum absolute atomic E-state index is 13.1. The number of sulfone groups is 1. The summed E-state index contributed by atoms with van der Waals surface area (Å²) in [5.74, 6) is -0.315. The van der Waals surface area contributed by atoms with Crippen molar-refractivity contribution in [3.05, 3.63) is 95.1 Å². The number of piperidine rings is 1. The molecule has 1 N–H and O–H groups in total. The van der Waals surface area contributed by atoms with Crippen LogP contribution in [0.3, 0.4) is 0 Å². The summed E-state index contributed by atoms with van der Waals surface area (Å²) in [4.78, 5) is 29.3. The monoisotopic (exact) mass is 615 g/mol. The summed E-state index contributed by atoms with van der Waals surface area (Å²) >= 11 is 0. The van der Waals surface area contributed by atoms with Crippen LogP contribution >= 0.6 is 0 Å². The van der Waals surface area contributed by atoms with Crippen LogP contribution in [0.2, 0.25) is 0 Å². The molecule has 4 rings (SSSR count). The van der Waals surface area contributed by atoms with Crippen LogP contribution in [-0.4, -0.2) is 57.6 Å². The van der Waals surface area contributed by atoms with Gasteiger partial charge in [-0.15, -0.1) is 0 Å². The number of carbonyl (C=O) groups is 2. The zero-order valence-electron chi connectivity index (χ0n) is 24.4. The van der Waals surface area contributed by atoms with Gasteiger partial charge in [-0.1, -0.05) is 31.2 Å². The molecule has 0 aromatic heterocycles. The van der Waals surface area contributed by atoms with Gasteiger partial charge >= 0.3 is 6.18 Å². The van der Waals surface area contributed by atoms with Gasteiger partial charge in [-0.25, -0.2) is 8.42 Å². The topological polar surface area (TPSA) is 86.8 Å². The molecule has 0 spiro atoms. The van der Waals surface area contributed by atoms with Crippen molar-refractivity contribution in [3.8, 4) is 0 Å². The van der Waals surface area contributed by atoms with Gasteiger partial charge in [0.05, 0.1) is 16.2 Å². The minimum Gasteiger partial charge on any atom is -0.367 e. The van der Waals surface area contributed by atoms with E-state index in [1.54, 1.807) is 50.2 Å². The lowest BCUT2D eigenvalue weighted by Crippen LogP contribution is -2.45. The van der Waals surface area contributed by atoms with Crippen LogP contribution in [0.15, 0.2) is 77.7 Å². The zero-order valence-corrected chi connectivity index (χ0v) is 25.2. The molecule has 1 unspecified atom stereocenters. The van der Waals surface area contributed by atoms with E-state index in [0.717, 1.165) is 35.4 Å². The van der Waals surface area contributed by atoms with Gasteiger partial charge in [-0.2, -0.15) is 13.2 Å². The lowest BCUT2D eigenvalue weighted by Gasteiger charge is -2.41. The average Bonchev–Trinajstić information content (AvgIpc) is 3.00. The number of carbonyl (C=O) groups excluding carboxylic acids is 2. The van der Waals surface area contributed by atoms with E-state index in [4.69, 9.17) is 0 Å². The van der Waals surface area contributed by atoms with E-state index in [-0.39, 0.29) is 41.0 Å². The van der Waals surface area contributed by atoms with E-state index in [9.17, 15) is 31.2 Å². The molecule has 0 bridgehead atoms. The van der Waals surface area contributed by atoms with Crippen LogP contribution < -0.4 is 10.2 Å². The number of hydrogen-bond acceptors (Lipinski definition) is 5. The van der Waals surface area contributed by atoms with Gasteiger partial charge < -0.3 is 15.1 Å². The SMILES string of the molecule is CCS(=O)(=O)c1ccc(CNC(=O)c2ccc(N3CC(c4ccc(C(F)(F)F)cc4)CC[C@H]3CC(=O)N(C)C)cc2)cc1. The van der Waals surface area contributed by atoms with E-state index in [1.165, 1.54) is 24.3 Å². The smallest absolute Gasteiger partial charge is 0.367 e. The molecule has 1 saturated heterocycles. The van der Waals surface area contributed by atoms with Gasteiger partial charge in [0.2, 0.25) is 5.91 Å². The zero-order chi connectivity index (χ0) is 31.4. The molecule has 3 aromatic carbocycles. The fourth-order valence-electron chi connectivity index (χ4n) is 5.23. The highest BCUT2D eigenvalue weighted by atomic mass is 32.2. The third-order valence-electron chi connectivity index (χ3n) is 7.90. The van der Waals surface area contributed by atoms with Crippen molar-refractivity contribution in [3.63, 3.8) is 0 Å². The van der Waals surface area contributed by atoms with Crippen molar-refractivity contribution in [2.24, 2.45) is 0 Å². The predicted molar refractivity (Wildman–Crippen MR) is 160 cm³/mol. The summed E-state index contributed by atoms with van der Waals surface area (Å²) in [6.07, 6.45) is -2.68. The first-order chi connectivity index (χ1) is 20.3. The molecule has 7 nitrogen and oxygen atoms in total. The van der Waals surface area contributed by atoms with Crippen LogP contribution in [-0.2, 0) is 27.4 Å². The van der Waals surface area contributed by atoms with Crippen molar-refractivity contribution >= 4 is 27.3 Å². The number of amides is 2. The third-order valence-corrected chi connectivity index (χ3v) is 9.65. The highest BCUT2D eigenvalue weighted by Crippen LogP contribution is 2.36. The summed E-state index contributed by atoms with van der Waals surface area (Å²) in [6.45, 7) is 2.33. The molecule has 3 aromatic rings. The molecule has 1 fully saturated rings. The summed E-state index contributed by atoms with van der Waals surface area (Å²) < 4.78 is 63.3. The van der Waals surface area contributed by atoms with Gasteiger partial charge in [-0.3, -0.25) is 9.59 Å². The average molecular weight is 616 g/mol. The molecule has 1 heterocycles. The number of nitrogens with zero attached hydrogens (tertiary/aromatic N) is 2. The van der Waals surface area contributed by atoms with E-state index in [2.05, 4.69) is 10.2 Å². The van der Waals surface area contributed by atoms with Crippen LogP contribution in [0.1, 0.15) is 59.2 Å². The number of halogens is 3. The maximum Gasteiger partial charge on any atom is 0.416 e. The van der Waals surface area contributed by atoms with Crippen molar-refractivity contribution < 1.29 is 31.2 Å². The molecule has 11 heteroatoms. The Labute approximate surface area is 250 Å². The van der Waals surface area contributed by atoms with Crippen molar-refractivity contribution in [1.29, 1.82) is 0 Å². The van der Waals surface area contributed by atoms with Gasteiger partial charge in [0.25, 0.3) is 5.91 Å². The summed E-state index contributed by atoms with van der Waals surface area (Å²) in [5, 5.41) is 2.85. The predicted octanol–water partition coefficient (Wildman–Crippen LogP) is 5.66. The Morgan fingerprint density at radius 3 is 2.12 bits per heavy atom. The standard InChI is InChI=1S/C32H36F3N3O4S/c1-4-43(41,42)29-17-5-22(6-18-29)20-36-31(40)24-9-14-27(15-10-24)38-21-25(11-16-28(38)19-30(39)37(2)3)23-7-12-26(13-8-23)32(33,34)35/h5-10,12-15,17-18,25,28H,4,11,16,19-21H2,1-3H3,(H,36,40)/t25?,28-/m0/s1. The van der Waals surface area contributed by atoms with Crippen LogP contribution in [0.25, 0.3) is 0 Å². The normalized spacial score (nSPS) is 17.4. The molecule has 2 atom stereocenters. The first-order valence-corrected chi connectivity index (χ1v) is 15.8. The molecule has 0 saturated carbocycles. The Morgan fingerprint density at radius 2 is 1.56 bits per heavy atom. The summed E-state index contributed by atoms with van der Waals surface area (Å²) in [7, 11) is 0.110. The maximum atomic E-state index is 13.1. The van der Waals surface area contributed by atoms with Crippen molar-refractivity contribution in [1.82, 2.24) is 10.2 Å². The first kappa shape index (κ1) is 32.1. The van der Waals surface area contributed by atoms with Gasteiger partial charge in [0.15, 0.2) is 9.84 Å². The molecule has 230 valence electrons. The van der Waals surface area contributed by atoms with E-state index < -0.39 is 21.6 Å². The minimum atomic E-state index is -4.40. The molecular weight excluding hydrogens is 579 g/mol. The second-order valence-electron chi connectivity index (χ2n) is 11.0. The molecular formula is C32H36F3N3O4S. The molecule has 2 amide bonds. The minimum absolute atomic E-state index is 0.0128. The third kappa shape index (κ3) is 7.95. The lowest BCUT2D eigenvalue weighted by atomic mass is 9.85. The van der Waals surface area contributed by atoms with Crippen LogP contribution in [0, 0.1) is 0 Å². The molecule has 43 heavy (non-hydrogen) atoms. The van der Waals surface area contributed by atoms with Crippen molar-refractivity contribution in [2.45, 2.75) is 55.8 Å². The summed E-state index contributed by atoms with van der Waals surface area (Å²) in [6, 6.07) is 18.6. The molecule has 1 aliphatic heterocycles. The number of rotatable bonds is 9. The van der Waals surface area contributed by atoms with Crippen LogP contribution in [0.4, 0.5) is 18.9 Å². The largest absolute Gasteiger partial charge is 0.416 e. The molecule has 0 radical (unpaired) electrons. The Hall–Kier alpha value is -3.86.